The molecular formula is C14H18F3N3OS. The Kier molecular flexibility index (Phi) is 4.29. The summed E-state index contributed by atoms with van der Waals surface area (Å²) in [7, 11) is 0. The molecule has 2 amide bonds. The van der Waals surface area contributed by atoms with Crippen molar-refractivity contribution < 1.29 is 18.0 Å². The van der Waals surface area contributed by atoms with Crippen molar-refractivity contribution in [1.82, 2.24) is 15.2 Å². The number of amides is 2. The number of urea groups is 1. The van der Waals surface area contributed by atoms with Crippen LogP contribution in [0.2, 0.25) is 0 Å². The van der Waals surface area contributed by atoms with Crippen LogP contribution in [-0.4, -0.2) is 28.5 Å². The first-order valence-corrected chi connectivity index (χ1v) is 8.39. The van der Waals surface area contributed by atoms with Gasteiger partial charge in [-0.3, -0.25) is 0 Å². The number of thiazole rings is 1. The van der Waals surface area contributed by atoms with E-state index >= 15 is 0 Å². The zero-order valence-electron chi connectivity index (χ0n) is 12.0. The number of carbonyl (C=O) groups is 1. The van der Waals surface area contributed by atoms with Gasteiger partial charge in [0.2, 0.25) is 0 Å². The maximum atomic E-state index is 12.5. The molecule has 1 saturated carbocycles. The van der Waals surface area contributed by atoms with Crippen molar-refractivity contribution in [3.8, 4) is 0 Å². The second-order valence-corrected chi connectivity index (χ2v) is 6.82. The molecule has 2 heterocycles. The van der Waals surface area contributed by atoms with E-state index in [1.165, 1.54) is 12.8 Å². The number of rotatable bonds is 2. The molecule has 1 aromatic heterocycles. The molecule has 1 saturated heterocycles. The van der Waals surface area contributed by atoms with Crippen molar-refractivity contribution in [3.05, 3.63) is 16.1 Å². The number of nitrogens with one attached hydrogen (secondary N) is 1. The van der Waals surface area contributed by atoms with Gasteiger partial charge in [0.15, 0.2) is 5.69 Å². The van der Waals surface area contributed by atoms with Gasteiger partial charge in [-0.15, -0.1) is 11.3 Å². The van der Waals surface area contributed by atoms with Gasteiger partial charge in [0, 0.05) is 18.0 Å². The molecule has 8 heteroatoms. The largest absolute Gasteiger partial charge is 0.434 e. The summed E-state index contributed by atoms with van der Waals surface area (Å²) in [5.74, 6) is 0.594. The summed E-state index contributed by atoms with van der Waals surface area (Å²) in [5, 5.41) is 3.97. The van der Waals surface area contributed by atoms with Crippen LogP contribution in [0.5, 0.6) is 0 Å². The quantitative estimate of drug-likeness (QED) is 0.898. The van der Waals surface area contributed by atoms with Crippen LogP contribution < -0.4 is 5.32 Å². The summed E-state index contributed by atoms with van der Waals surface area (Å²) in [4.78, 5) is 17.7. The number of halogens is 3. The molecule has 1 aliphatic heterocycles. The Labute approximate surface area is 130 Å². The fourth-order valence-corrected chi connectivity index (χ4v) is 4.22. The van der Waals surface area contributed by atoms with Crippen molar-refractivity contribution in [2.24, 2.45) is 5.92 Å². The molecule has 0 aromatic carbocycles. The standard InChI is InChI=1S/C14H18F3N3OS/c15-14(16,17)11-8-22-12(19-11)7-18-13(21)20-6-2-4-9-3-1-5-10(9)20/h8-10H,1-7H2,(H,18,21)/t9-,10+/m1/s1. The SMILES string of the molecule is O=C(NCc1nc(C(F)(F)F)cs1)N1CCC[C@H]2CCC[C@@H]21. The highest BCUT2D eigenvalue weighted by Crippen LogP contribution is 2.36. The zero-order valence-corrected chi connectivity index (χ0v) is 12.8. The summed E-state index contributed by atoms with van der Waals surface area (Å²) in [6.07, 6.45) is 1.12. The number of hydrogen-bond acceptors (Lipinski definition) is 3. The normalized spacial score (nSPS) is 25.1. The highest BCUT2D eigenvalue weighted by atomic mass is 32.1. The molecule has 0 unspecified atom stereocenters. The van der Waals surface area contributed by atoms with E-state index in [-0.39, 0.29) is 17.6 Å². The molecule has 22 heavy (non-hydrogen) atoms. The van der Waals surface area contributed by atoms with Gasteiger partial charge >= 0.3 is 12.2 Å². The van der Waals surface area contributed by atoms with Gasteiger partial charge in [0.1, 0.15) is 5.01 Å². The number of fused-ring (bicyclic) bond motifs is 1. The van der Waals surface area contributed by atoms with E-state index in [0.717, 1.165) is 42.5 Å². The van der Waals surface area contributed by atoms with Crippen LogP contribution in [-0.2, 0) is 12.7 Å². The van der Waals surface area contributed by atoms with E-state index < -0.39 is 11.9 Å². The van der Waals surface area contributed by atoms with Crippen molar-refractivity contribution in [2.45, 2.75) is 50.9 Å². The summed E-state index contributed by atoms with van der Waals surface area (Å²) in [5.41, 5.74) is -0.893. The van der Waals surface area contributed by atoms with Crippen molar-refractivity contribution in [1.29, 1.82) is 0 Å². The monoisotopic (exact) mass is 333 g/mol. The Morgan fingerprint density at radius 2 is 2.14 bits per heavy atom. The molecule has 0 spiro atoms. The summed E-state index contributed by atoms with van der Waals surface area (Å²) in [6, 6.07) is 0.121. The average Bonchev–Trinajstić information content (AvgIpc) is 3.12. The maximum Gasteiger partial charge on any atom is 0.434 e. The number of likely N-dealkylation sites (tertiary alicyclic amines) is 1. The minimum absolute atomic E-state index is 0.0491. The van der Waals surface area contributed by atoms with Crippen LogP contribution in [0.15, 0.2) is 5.38 Å². The molecule has 3 rings (SSSR count). The fourth-order valence-electron chi connectivity index (χ4n) is 3.48. The molecule has 4 nitrogen and oxygen atoms in total. The predicted molar refractivity (Wildman–Crippen MR) is 76.4 cm³/mol. The van der Waals surface area contributed by atoms with Gasteiger partial charge in [-0.25, -0.2) is 9.78 Å². The smallest absolute Gasteiger partial charge is 0.331 e. The number of alkyl halides is 3. The molecule has 1 aliphatic carbocycles. The van der Waals surface area contributed by atoms with E-state index in [4.69, 9.17) is 0 Å². The lowest BCUT2D eigenvalue weighted by Gasteiger charge is -2.37. The van der Waals surface area contributed by atoms with Gasteiger partial charge in [0.25, 0.3) is 0 Å². The van der Waals surface area contributed by atoms with Crippen molar-refractivity contribution in [3.63, 3.8) is 0 Å². The second kappa shape index (κ2) is 6.06. The minimum atomic E-state index is -4.43. The van der Waals surface area contributed by atoms with Crippen LogP contribution in [0.4, 0.5) is 18.0 Å². The molecule has 1 aromatic rings. The minimum Gasteiger partial charge on any atom is -0.331 e. The van der Waals surface area contributed by atoms with Crippen molar-refractivity contribution >= 4 is 17.4 Å². The van der Waals surface area contributed by atoms with Gasteiger partial charge in [-0.1, -0.05) is 6.42 Å². The maximum absolute atomic E-state index is 12.5. The molecule has 0 radical (unpaired) electrons. The molecule has 122 valence electrons. The van der Waals surface area contributed by atoms with Crippen LogP contribution >= 0.6 is 11.3 Å². The summed E-state index contributed by atoms with van der Waals surface area (Å²) in [6.45, 7) is 0.784. The molecule has 2 fully saturated rings. The van der Waals surface area contributed by atoms with E-state index in [9.17, 15) is 18.0 Å². The van der Waals surface area contributed by atoms with Crippen LogP contribution in [0, 0.1) is 5.92 Å². The Bertz CT molecular complexity index is 546. The van der Waals surface area contributed by atoms with Crippen LogP contribution in [0.25, 0.3) is 0 Å². The summed E-state index contributed by atoms with van der Waals surface area (Å²) >= 11 is 0.920. The zero-order chi connectivity index (χ0) is 15.7. The fraction of sp³-hybridized carbons (Fsp3) is 0.714. The highest BCUT2D eigenvalue weighted by Gasteiger charge is 2.37. The molecule has 2 aliphatic rings. The lowest BCUT2D eigenvalue weighted by atomic mass is 9.92. The number of hydrogen-bond donors (Lipinski definition) is 1. The van der Waals surface area contributed by atoms with Gasteiger partial charge < -0.3 is 10.2 Å². The van der Waals surface area contributed by atoms with Gasteiger partial charge in [-0.2, -0.15) is 13.2 Å². The third-order valence-corrected chi connectivity index (χ3v) is 5.34. The second-order valence-electron chi connectivity index (χ2n) is 5.88. The Hall–Kier alpha value is -1.31. The third kappa shape index (κ3) is 3.21. The van der Waals surface area contributed by atoms with E-state index in [1.54, 1.807) is 0 Å². The topological polar surface area (TPSA) is 45.2 Å². The number of carbonyl (C=O) groups excluding carboxylic acids is 1. The number of piperidine rings is 1. The Balaban J connectivity index is 1.57. The number of aromatic nitrogens is 1. The lowest BCUT2D eigenvalue weighted by Crippen LogP contribution is -2.50. The van der Waals surface area contributed by atoms with Gasteiger partial charge in [-0.05, 0) is 31.6 Å². The molecule has 1 N–H and O–H groups in total. The van der Waals surface area contributed by atoms with Crippen LogP contribution in [0.3, 0.4) is 0 Å². The Morgan fingerprint density at radius 3 is 2.86 bits per heavy atom. The van der Waals surface area contributed by atoms with Gasteiger partial charge in [0.05, 0.1) is 6.54 Å². The average molecular weight is 333 g/mol. The Morgan fingerprint density at radius 1 is 1.36 bits per heavy atom. The first-order valence-electron chi connectivity index (χ1n) is 7.51. The third-order valence-electron chi connectivity index (χ3n) is 4.49. The van der Waals surface area contributed by atoms with E-state index in [1.807, 2.05) is 4.90 Å². The lowest BCUT2D eigenvalue weighted by molar-refractivity contribution is -0.140. The van der Waals surface area contributed by atoms with E-state index in [0.29, 0.717) is 12.0 Å². The highest BCUT2D eigenvalue weighted by molar-refractivity contribution is 7.09. The van der Waals surface area contributed by atoms with Crippen LogP contribution in [0.1, 0.15) is 42.8 Å². The van der Waals surface area contributed by atoms with Crippen molar-refractivity contribution in [2.75, 3.05) is 6.54 Å². The molecular weight excluding hydrogens is 315 g/mol. The first-order chi connectivity index (χ1) is 10.4. The summed E-state index contributed by atoms with van der Waals surface area (Å²) < 4.78 is 37.5. The molecule has 2 atom stereocenters. The van der Waals surface area contributed by atoms with E-state index in [2.05, 4.69) is 10.3 Å². The number of nitrogens with zero attached hydrogens (tertiary/aromatic N) is 2. The predicted octanol–water partition coefficient (Wildman–Crippen LogP) is 3.64. The first kappa shape index (κ1) is 15.6. The molecule has 0 bridgehead atoms.